The third kappa shape index (κ3) is 4.06. The lowest BCUT2D eigenvalue weighted by Crippen LogP contribution is -2.48. The summed E-state index contributed by atoms with van der Waals surface area (Å²) in [6, 6.07) is 15.0. The highest BCUT2D eigenvalue weighted by atomic mass is 32.1. The van der Waals surface area contributed by atoms with E-state index in [-0.39, 0.29) is 11.7 Å². The molecule has 0 radical (unpaired) electrons. The average molecular weight is 437 g/mol. The largest absolute Gasteiger partial charge is 0.360 e. The normalized spacial score (nSPS) is 16.3. The monoisotopic (exact) mass is 436 g/mol. The summed E-state index contributed by atoms with van der Waals surface area (Å²) in [4.78, 5) is 15.1. The van der Waals surface area contributed by atoms with E-state index in [1.807, 2.05) is 38.1 Å². The number of hydrogen-bond donors (Lipinski definition) is 2. The number of benzene rings is 2. The maximum atomic E-state index is 13.5. The van der Waals surface area contributed by atoms with Gasteiger partial charge in [0.05, 0.1) is 11.6 Å². The highest BCUT2D eigenvalue weighted by Crippen LogP contribution is 2.35. The molecule has 0 spiro atoms. The van der Waals surface area contributed by atoms with Gasteiger partial charge in [-0.3, -0.25) is 9.69 Å². The molecule has 2 aromatic carbocycles. The van der Waals surface area contributed by atoms with Crippen molar-refractivity contribution in [1.82, 2.24) is 10.5 Å². The number of aryl methyl sites for hydroxylation is 2. The van der Waals surface area contributed by atoms with Crippen molar-refractivity contribution >= 4 is 34.7 Å². The Morgan fingerprint density at radius 2 is 1.87 bits per heavy atom. The minimum atomic E-state index is -0.460. The molecule has 1 aliphatic heterocycles. The van der Waals surface area contributed by atoms with E-state index in [0.29, 0.717) is 33.6 Å². The van der Waals surface area contributed by atoms with Crippen LogP contribution in [-0.2, 0) is 4.79 Å². The zero-order chi connectivity index (χ0) is 22.1. The lowest BCUT2D eigenvalue weighted by atomic mass is 9.91. The number of allylic oxidation sites excluding steroid dienone is 1. The Hall–Kier alpha value is -3.52. The van der Waals surface area contributed by atoms with Gasteiger partial charge in [-0.15, -0.1) is 0 Å². The number of halogens is 1. The van der Waals surface area contributed by atoms with Crippen LogP contribution in [0.15, 0.2) is 70.4 Å². The number of nitrogens with zero attached hydrogens (tertiary/aromatic N) is 2. The standard InChI is InChI=1S/C23H21FN4O2S/c1-13-6-4-5-7-18(13)21-20(22(29)25-19-12-14(2)30-27-19)15(3)28(23(31)26-21)17-10-8-16(24)9-11-17/h4-12,21H,1-3H3,(H,26,31)(H,25,27,29). The van der Waals surface area contributed by atoms with E-state index in [4.69, 9.17) is 16.7 Å². The topological polar surface area (TPSA) is 70.4 Å². The van der Waals surface area contributed by atoms with Crippen LogP contribution in [0, 0.1) is 19.7 Å². The third-order valence-electron chi connectivity index (χ3n) is 5.18. The van der Waals surface area contributed by atoms with Crippen LogP contribution in [0.3, 0.4) is 0 Å². The van der Waals surface area contributed by atoms with Crippen LogP contribution in [0.25, 0.3) is 0 Å². The first-order valence-corrected chi connectivity index (χ1v) is 10.1. The first kappa shape index (κ1) is 20.7. The van der Waals surface area contributed by atoms with E-state index >= 15 is 0 Å². The summed E-state index contributed by atoms with van der Waals surface area (Å²) in [6.07, 6.45) is 0. The number of rotatable bonds is 4. The molecule has 1 aliphatic rings. The van der Waals surface area contributed by atoms with Gasteiger partial charge < -0.3 is 15.2 Å². The first-order valence-electron chi connectivity index (χ1n) is 9.72. The van der Waals surface area contributed by atoms with Gasteiger partial charge in [-0.1, -0.05) is 29.4 Å². The highest BCUT2D eigenvalue weighted by molar-refractivity contribution is 7.80. The van der Waals surface area contributed by atoms with Crippen LogP contribution in [0.2, 0.25) is 0 Å². The summed E-state index contributed by atoms with van der Waals surface area (Å²) >= 11 is 5.64. The molecule has 6 nitrogen and oxygen atoms in total. The molecule has 4 rings (SSSR count). The number of amides is 1. The SMILES string of the molecule is CC1=C(C(=O)Nc2cc(C)on2)C(c2ccccc2C)NC(=S)N1c1ccc(F)cc1. The molecule has 1 amide bonds. The molecule has 1 atom stereocenters. The van der Waals surface area contributed by atoms with E-state index in [1.165, 1.54) is 12.1 Å². The predicted octanol–water partition coefficient (Wildman–Crippen LogP) is 4.78. The fraction of sp³-hybridized carbons (Fsp3) is 0.174. The molecule has 8 heteroatoms. The van der Waals surface area contributed by atoms with Crippen molar-refractivity contribution in [3.8, 4) is 0 Å². The lowest BCUT2D eigenvalue weighted by molar-refractivity contribution is -0.113. The van der Waals surface area contributed by atoms with Crippen LogP contribution >= 0.6 is 12.2 Å². The van der Waals surface area contributed by atoms with Gasteiger partial charge in [0, 0.05) is 17.5 Å². The predicted molar refractivity (Wildman–Crippen MR) is 121 cm³/mol. The maximum absolute atomic E-state index is 13.5. The van der Waals surface area contributed by atoms with Gasteiger partial charge >= 0.3 is 0 Å². The van der Waals surface area contributed by atoms with Crippen molar-refractivity contribution in [2.45, 2.75) is 26.8 Å². The zero-order valence-corrected chi connectivity index (χ0v) is 18.1. The van der Waals surface area contributed by atoms with E-state index in [2.05, 4.69) is 15.8 Å². The second-order valence-corrected chi connectivity index (χ2v) is 7.71. The van der Waals surface area contributed by atoms with Crippen molar-refractivity contribution in [3.63, 3.8) is 0 Å². The Balaban J connectivity index is 1.82. The summed E-state index contributed by atoms with van der Waals surface area (Å²) in [5.74, 6) is 0.236. The van der Waals surface area contributed by atoms with Gasteiger partial charge in [0.1, 0.15) is 11.6 Å². The highest BCUT2D eigenvalue weighted by Gasteiger charge is 2.35. The average Bonchev–Trinajstić information content (AvgIpc) is 3.13. The molecule has 0 bridgehead atoms. The van der Waals surface area contributed by atoms with Crippen LogP contribution < -0.4 is 15.5 Å². The van der Waals surface area contributed by atoms with Crippen molar-refractivity contribution in [2.75, 3.05) is 10.2 Å². The smallest absolute Gasteiger partial charge is 0.257 e. The molecule has 158 valence electrons. The molecule has 31 heavy (non-hydrogen) atoms. The maximum Gasteiger partial charge on any atom is 0.257 e. The number of anilines is 2. The number of hydrogen-bond acceptors (Lipinski definition) is 4. The van der Waals surface area contributed by atoms with Gasteiger partial charge in [-0.25, -0.2) is 4.39 Å². The molecule has 0 fully saturated rings. The molecule has 0 aliphatic carbocycles. The van der Waals surface area contributed by atoms with E-state index in [1.54, 1.807) is 30.0 Å². The second kappa shape index (κ2) is 8.31. The van der Waals surface area contributed by atoms with E-state index in [0.717, 1.165) is 11.1 Å². The van der Waals surface area contributed by atoms with Crippen LogP contribution in [0.1, 0.15) is 29.9 Å². The number of thiocarbonyl (C=S) groups is 1. The Labute approximate surface area is 184 Å². The Kier molecular flexibility index (Phi) is 5.56. The molecule has 0 saturated carbocycles. The van der Waals surface area contributed by atoms with E-state index in [9.17, 15) is 9.18 Å². The van der Waals surface area contributed by atoms with Crippen LogP contribution in [0.4, 0.5) is 15.9 Å². The van der Waals surface area contributed by atoms with Gasteiger partial charge in [-0.2, -0.15) is 0 Å². The van der Waals surface area contributed by atoms with Gasteiger partial charge in [-0.05, 0) is 68.4 Å². The summed E-state index contributed by atoms with van der Waals surface area (Å²) in [5.41, 5.74) is 3.73. The lowest BCUT2D eigenvalue weighted by Gasteiger charge is -2.38. The molecular weight excluding hydrogens is 415 g/mol. The molecule has 3 aromatic rings. The van der Waals surface area contributed by atoms with Crippen molar-refractivity contribution in [1.29, 1.82) is 0 Å². The number of carbonyl (C=O) groups is 1. The fourth-order valence-electron chi connectivity index (χ4n) is 3.69. The number of carbonyl (C=O) groups excluding carboxylic acids is 1. The summed E-state index contributed by atoms with van der Waals surface area (Å²) < 4.78 is 18.5. The Bertz CT molecular complexity index is 1190. The quantitative estimate of drug-likeness (QED) is 0.574. The zero-order valence-electron chi connectivity index (χ0n) is 17.3. The van der Waals surface area contributed by atoms with Crippen molar-refractivity contribution in [2.24, 2.45) is 0 Å². The van der Waals surface area contributed by atoms with Crippen molar-refractivity contribution < 1.29 is 13.7 Å². The van der Waals surface area contributed by atoms with Crippen molar-refractivity contribution in [3.05, 3.63) is 88.6 Å². The third-order valence-corrected chi connectivity index (χ3v) is 5.48. The van der Waals surface area contributed by atoms with Crippen LogP contribution in [-0.4, -0.2) is 16.2 Å². The fourth-order valence-corrected chi connectivity index (χ4v) is 4.05. The minimum Gasteiger partial charge on any atom is -0.360 e. The Morgan fingerprint density at radius 3 is 2.52 bits per heavy atom. The second-order valence-electron chi connectivity index (χ2n) is 7.33. The number of aromatic nitrogens is 1. The number of nitrogens with one attached hydrogen (secondary N) is 2. The molecular formula is C23H21FN4O2S. The summed E-state index contributed by atoms with van der Waals surface area (Å²) in [6.45, 7) is 5.56. The van der Waals surface area contributed by atoms with Crippen LogP contribution in [0.5, 0.6) is 0 Å². The first-order chi connectivity index (χ1) is 14.8. The van der Waals surface area contributed by atoms with E-state index < -0.39 is 6.04 Å². The summed E-state index contributed by atoms with van der Waals surface area (Å²) in [7, 11) is 0. The molecule has 0 saturated heterocycles. The summed E-state index contributed by atoms with van der Waals surface area (Å²) in [5, 5.41) is 10.4. The Morgan fingerprint density at radius 1 is 1.16 bits per heavy atom. The molecule has 1 aromatic heterocycles. The molecule has 2 N–H and O–H groups in total. The molecule has 1 unspecified atom stereocenters. The van der Waals surface area contributed by atoms with Gasteiger partial charge in [0.2, 0.25) is 0 Å². The van der Waals surface area contributed by atoms with Gasteiger partial charge in [0.25, 0.3) is 5.91 Å². The molecule has 2 heterocycles. The van der Waals surface area contributed by atoms with Gasteiger partial charge in [0.15, 0.2) is 10.9 Å². The minimum absolute atomic E-state index is 0.327.